The van der Waals surface area contributed by atoms with Gasteiger partial charge in [0.15, 0.2) is 0 Å². The first-order valence-electron chi connectivity index (χ1n) is 7.63. The lowest BCUT2D eigenvalue weighted by Crippen LogP contribution is -2.32. The number of carbonyl (C=O) groups is 1. The van der Waals surface area contributed by atoms with E-state index in [0.717, 1.165) is 37.3 Å². The first-order chi connectivity index (χ1) is 8.72. The van der Waals surface area contributed by atoms with Crippen LogP contribution in [0.5, 0.6) is 0 Å². The molecular formula is C16H27NO. The Hall–Kier alpha value is -0.790. The van der Waals surface area contributed by atoms with E-state index in [2.05, 4.69) is 24.0 Å². The molecule has 0 aliphatic heterocycles. The van der Waals surface area contributed by atoms with E-state index in [0.29, 0.717) is 0 Å². The average molecular weight is 249 g/mol. The van der Waals surface area contributed by atoms with Crippen molar-refractivity contribution in [3.05, 3.63) is 12.2 Å². The zero-order valence-corrected chi connectivity index (χ0v) is 11.9. The average Bonchev–Trinajstić information content (AvgIpc) is 3.14. The van der Waals surface area contributed by atoms with Gasteiger partial charge in [0.1, 0.15) is 0 Å². The minimum absolute atomic E-state index is 0.262. The third-order valence-corrected chi connectivity index (χ3v) is 4.57. The molecule has 2 unspecified atom stereocenters. The Labute approximate surface area is 111 Å². The van der Waals surface area contributed by atoms with Crippen molar-refractivity contribution in [3.63, 3.8) is 0 Å². The van der Waals surface area contributed by atoms with E-state index in [4.69, 9.17) is 0 Å². The van der Waals surface area contributed by atoms with Crippen molar-refractivity contribution in [2.45, 2.75) is 52.4 Å². The van der Waals surface area contributed by atoms with Gasteiger partial charge in [0.25, 0.3) is 0 Å². The molecule has 0 aromatic rings. The monoisotopic (exact) mass is 249 g/mol. The van der Waals surface area contributed by atoms with Crippen LogP contribution in [0.2, 0.25) is 0 Å². The molecule has 0 aromatic carbocycles. The molecule has 1 amide bonds. The van der Waals surface area contributed by atoms with E-state index in [1.165, 1.54) is 32.1 Å². The molecule has 2 heteroatoms. The Balaban J connectivity index is 1.76. The summed E-state index contributed by atoms with van der Waals surface area (Å²) in [5.41, 5.74) is 0. The number of hydrogen-bond donors (Lipinski definition) is 0. The highest BCUT2D eigenvalue weighted by atomic mass is 16.2. The van der Waals surface area contributed by atoms with E-state index in [9.17, 15) is 4.79 Å². The van der Waals surface area contributed by atoms with Gasteiger partial charge in [0.2, 0.25) is 5.91 Å². The van der Waals surface area contributed by atoms with E-state index < -0.39 is 0 Å². The summed E-state index contributed by atoms with van der Waals surface area (Å²) in [5, 5.41) is 0. The van der Waals surface area contributed by atoms with Crippen molar-refractivity contribution in [2.75, 3.05) is 13.1 Å². The maximum Gasteiger partial charge on any atom is 0.219 e. The van der Waals surface area contributed by atoms with E-state index in [-0.39, 0.29) is 5.91 Å². The van der Waals surface area contributed by atoms with Crippen LogP contribution in [0.1, 0.15) is 52.4 Å². The molecule has 0 bridgehead atoms. The van der Waals surface area contributed by atoms with Crippen LogP contribution in [0.25, 0.3) is 0 Å². The fraction of sp³-hybridized carbons (Fsp3) is 0.812. The largest absolute Gasteiger partial charge is 0.343 e. The van der Waals surface area contributed by atoms with Gasteiger partial charge in [0.05, 0.1) is 0 Å². The third kappa shape index (κ3) is 3.60. The van der Waals surface area contributed by atoms with Crippen molar-refractivity contribution in [1.29, 1.82) is 0 Å². The number of rotatable bonds is 6. The Morgan fingerprint density at radius 2 is 2.22 bits per heavy atom. The third-order valence-electron chi connectivity index (χ3n) is 4.57. The maximum absolute atomic E-state index is 11.6. The van der Waals surface area contributed by atoms with Crippen molar-refractivity contribution in [3.8, 4) is 0 Å². The second kappa shape index (κ2) is 6.40. The molecule has 2 nitrogen and oxygen atoms in total. The lowest BCUT2D eigenvalue weighted by Gasteiger charge is -2.22. The van der Waals surface area contributed by atoms with Crippen LogP contribution in [-0.2, 0) is 4.79 Å². The van der Waals surface area contributed by atoms with Gasteiger partial charge in [-0.15, -0.1) is 0 Å². The number of carbonyl (C=O) groups excluding carboxylic acids is 1. The first kappa shape index (κ1) is 13.6. The van der Waals surface area contributed by atoms with Crippen LogP contribution in [0.4, 0.5) is 0 Å². The van der Waals surface area contributed by atoms with Gasteiger partial charge >= 0.3 is 0 Å². The summed E-state index contributed by atoms with van der Waals surface area (Å²) in [4.78, 5) is 13.7. The normalized spacial score (nSPS) is 30.2. The molecule has 0 spiro atoms. The van der Waals surface area contributed by atoms with Gasteiger partial charge in [-0.1, -0.05) is 25.5 Å². The van der Waals surface area contributed by atoms with Crippen LogP contribution in [0.3, 0.4) is 0 Å². The summed E-state index contributed by atoms with van der Waals surface area (Å²) < 4.78 is 0. The molecule has 0 N–H and O–H groups in total. The summed E-state index contributed by atoms with van der Waals surface area (Å²) in [5.74, 6) is 2.86. The van der Waals surface area contributed by atoms with Gasteiger partial charge in [0, 0.05) is 20.0 Å². The van der Waals surface area contributed by atoms with Crippen molar-refractivity contribution >= 4 is 5.91 Å². The fourth-order valence-electron chi connectivity index (χ4n) is 3.27. The number of hydrogen-bond acceptors (Lipinski definition) is 1. The molecule has 0 heterocycles. The van der Waals surface area contributed by atoms with Gasteiger partial charge < -0.3 is 4.90 Å². The van der Waals surface area contributed by atoms with Crippen molar-refractivity contribution < 1.29 is 4.79 Å². The van der Waals surface area contributed by atoms with Crippen molar-refractivity contribution in [2.24, 2.45) is 17.8 Å². The second-order valence-corrected chi connectivity index (χ2v) is 6.02. The van der Waals surface area contributed by atoms with E-state index in [1.54, 1.807) is 6.92 Å². The quantitative estimate of drug-likeness (QED) is 0.658. The first-order valence-corrected chi connectivity index (χ1v) is 7.63. The molecule has 2 aliphatic rings. The molecule has 3 atom stereocenters. The van der Waals surface area contributed by atoms with E-state index >= 15 is 0 Å². The minimum atomic E-state index is 0.262. The molecule has 1 fully saturated rings. The predicted molar refractivity (Wildman–Crippen MR) is 75.2 cm³/mol. The van der Waals surface area contributed by atoms with Crippen LogP contribution < -0.4 is 0 Å². The Morgan fingerprint density at radius 1 is 1.39 bits per heavy atom. The smallest absolute Gasteiger partial charge is 0.219 e. The standard InChI is InChI=1S/C16H27NO/c1-3-4-10-17(13(2)18)12-15-11-16(15)14-8-6-5-7-9-14/h5-6,14-16H,3-4,7-12H2,1-2H3/t14?,15-,16?/m1/s1. The SMILES string of the molecule is CCCCN(C[C@H]1CC1C1CC=CCC1)C(C)=O. The van der Waals surface area contributed by atoms with Crippen molar-refractivity contribution in [1.82, 2.24) is 4.90 Å². The van der Waals surface area contributed by atoms with Gasteiger partial charge in [-0.05, 0) is 49.9 Å². The summed E-state index contributed by atoms with van der Waals surface area (Å²) in [7, 11) is 0. The Bertz CT molecular complexity index is 310. The highest BCUT2D eigenvalue weighted by molar-refractivity contribution is 5.73. The summed E-state index contributed by atoms with van der Waals surface area (Å²) in [6.07, 6.45) is 12.2. The minimum Gasteiger partial charge on any atom is -0.343 e. The van der Waals surface area contributed by atoms with Gasteiger partial charge in [-0.3, -0.25) is 4.79 Å². The molecule has 18 heavy (non-hydrogen) atoms. The lowest BCUT2D eigenvalue weighted by molar-refractivity contribution is -0.129. The molecule has 1 saturated carbocycles. The molecule has 0 aromatic heterocycles. The molecule has 2 aliphatic carbocycles. The number of unbranched alkanes of at least 4 members (excludes halogenated alkanes) is 1. The van der Waals surface area contributed by atoms with Gasteiger partial charge in [-0.25, -0.2) is 0 Å². The zero-order chi connectivity index (χ0) is 13.0. The highest BCUT2D eigenvalue weighted by Crippen LogP contribution is 2.48. The predicted octanol–water partition coefficient (Wildman–Crippen LogP) is 3.63. The Kier molecular flexibility index (Phi) is 4.85. The highest BCUT2D eigenvalue weighted by Gasteiger charge is 2.43. The summed E-state index contributed by atoms with van der Waals surface area (Å²) in [6, 6.07) is 0. The number of amides is 1. The zero-order valence-electron chi connectivity index (χ0n) is 11.9. The fourth-order valence-corrected chi connectivity index (χ4v) is 3.27. The number of allylic oxidation sites excluding steroid dienone is 2. The summed E-state index contributed by atoms with van der Waals surface area (Å²) >= 11 is 0. The topological polar surface area (TPSA) is 20.3 Å². The molecule has 0 radical (unpaired) electrons. The molecule has 0 saturated heterocycles. The van der Waals surface area contributed by atoms with Crippen LogP contribution in [-0.4, -0.2) is 23.9 Å². The lowest BCUT2D eigenvalue weighted by atomic mass is 9.89. The summed E-state index contributed by atoms with van der Waals surface area (Å²) in [6.45, 7) is 5.88. The van der Waals surface area contributed by atoms with Crippen LogP contribution in [0.15, 0.2) is 12.2 Å². The van der Waals surface area contributed by atoms with Gasteiger partial charge in [-0.2, -0.15) is 0 Å². The second-order valence-electron chi connectivity index (χ2n) is 6.02. The maximum atomic E-state index is 11.6. The molecule has 2 rings (SSSR count). The van der Waals surface area contributed by atoms with Crippen LogP contribution >= 0.6 is 0 Å². The van der Waals surface area contributed by atoms with Crippen LogP contribution in [0, 0.1) is 17.8 Å². The Morgan fingerprint density at radius 3 is 2.83 bits per heavy atom. The molecular weight excluding hydrogens is 222 g/mol. The van der Waals surface area contributed by atoms with E-state index in [1.807, 2.05) is 0 Å². The molecule has 102 valence electrons. The number of nitrogens with zero attached hydrogens (tertiary/aromatic N) is 1.